The van der Waals surface area contributed by atoms with E-state index < -0.39 is 0 Å². The van der Waals surface area contributed by atoms with Gasteiger partial charge in [0.1, 0.15) is 0 Å². The minimum atomic E-state index is 0.172. The largest absolute Gasteiger partial charge is 0.304 e. The molecule has 3 rings (SSSR count). The highest BCUT2D eigenvalue weighted by atomic mass is 32.1. The number of thiophene rings is 1. The van der Waals surface area contributed by atoms with Crippen LogP contribution in [0.25, 0.3) is 10.9 Å². The van der Waals surface area contributed by atoms with Crippen LogP contribution < -0.4 is 5.32 Å². The van der Waals surface area contributed by atoms with Gasteiger partial charge in [0.05, 0.1) is 17.3 Å². The van der Waals surface area contributed by atoms with Crippen molar-refractivity contribution >= 4 is 22.2 Å². The first-order chi connectivity index (χ1) is 9.72. The maximum absolute atomic E-state index is 4.77. The van der Waals surface area contributed by atoms with E-state index in [1.807, 2.05) is 11.7 Å². The highest BCUT2D eigenvalue weighted by molar-refractivity contribution is 7.10. The quantitative estimate of drug-likeness (QED) is 0.793. The summed E-state index contributed by atoms with van der Waals surface area (Å²) in [6.45, 7) is 5.23. The molecule has 0 aliphatic heterocycles. The average Bonchev–Trinajstić information content (AvgIpc) is 3.02. The highest BCUT2D eigenvalue weighted by Crippen LogP contribution is 2.32. The molecule has 4 heteroatoms. The molecule has 20 heavy (non-hydrogen) atoms. The number of fused-ring (bicyclic) bond motifs is 1. The minimum absolute atomic E-state index is 0.172. The summed E-state index contributed by atoms with van der Waals surface area (Å²) in [5, 5.41) is 11.7. The third-order valence-electron chi connectivity index (χ3n) is 3.63. The molecule has 0 fully saturated rings. The number of benzene rings is 1. The van der Waals surface area contributed by atoms with Gasteiger partial charge in [-0.05, 0) is 36.5 Å². The summed E-state index contributed by atoms with van der Waals surface area (Å²) < 4.78 is 1.97. The van der Waals surface area contributed by atoms with E-state index in [0.717, 1.165) is 12.2 Å². The van der Waals surface area contributed by atoms with Gasteiger partial charge in [-0.3, -0.25) is 4.68 Å². The number of aryl methyl sites for hydroxylation is 2. The third kappa shape index (κ3) is 2.15. The van der Waals surface area contributed by atoms with Crippen LogP contribution in [0.1, 0.15) is 29.1 Å². The van der Waals surface area contributed by atoms with Gasteiger partial charge in [-0.15, -0.1) is 11.3 Å². The second kappa shape index (κ2) is 5.38. The van der Waals surface area contributed by atoms with Gasteiger partial charge in [0.15, 0.2) is 0 Å². The highest BCUT2D eigenvalue weighted by Gasteiger charge is 2.22. The first-order valence-electron chi connectivity index (χ1n) is 6.91. The van der Waals surface area contributed by atoms with Gasteiger partial charge < -0.3 is 5.32 Å². The Balaban J connectivity index is 2.18. The summed E-state index contributed by atoms with van der Waals surface area (Å²) in [7, 11) is 2.01. The van der Waals surface area contributed by atoms with Gasteiger partial charge in [0.2, 0.25) is 0 Å². The van der Waals surface area contributed by atoms with Crippen LogP contribution in [0.4, 0.5) is 0 Å². The lowest BCUT2D eigenvalue weighted by molar-refractivity contribution is 0.609. The average molecular weight is 285 g/mol. The second-order valence-corrected chi connectivity index (χ2v) is 5.93. The number of para-hydroxylation sites is 1. The number of nitrogens with one attached hydrogen (secondary N) is 1. The summed E-state index contributed by atoms with van der Waals surface area (Å²) in [6, 6.07) is 10.8. The van der Waals surface area contributed by atoms with Crippen LogP contribution in [0, 0.1) is 6.92 Å². The number of hydrogen-bond donors (Lipinski definition) is 1. The number of nitrogens with zero attached hydrogens (tertiary/aromatic N) is 2. The second-order valence-electron chi connectivity index (χ2n) is 4.98. The van der Waals surface area contributed by atoms with E-state index >= 15 is 0 Å². The van der Waals surface area contributed by atoms with E-state index in [-0.39, 0.29) is 6.04 Å². The van der Waals surface area contributed by atoms with Crippen LogP contribution in [0.15, 0.2) is 35.7 Å². The van der Waals surface area contributed by atoms with Crippen molar-refractivity contribution in [3.05, 3.63) is 51.8 Å². The first-order valence-corrected chi connectivity index (χ1v) is 7.79. The van der Waals surface area contributed by atoms with Crippen molar-refractivity contribution in [3.8, 4) is 0 Å². The zero-order chi connectivity index (χ0) is 14.1. The molecular formula is C16H19N3S. The zero-order valence-electron chi connectivity index (χ0n) is 12.1. The van der Waals surface area contributed by atoms with E-state index in [4.69, 9.17) is 5.10 Å². The maximum Gasteiger partial charge on any atom is 0.0926 e. The molecule has 0 amide bonds. The van der Waals surface area contributed by atoms with Gasteiger partial charge in [-0.25, -0.2) is 0 Å². The molecule has 3 nitrogen and oxygen atoms in total. The molecule has 0 aliphatic rings. The first kappa shape index (κ1) is 13.3. The van der Waals surface area contributed by atoms with Crippen LogP contribution in [-0.2, 0) is 7.05 Å². The lowest BCUT2D eigenvalue weighted by atomic mass is 10.1. The van der Waals surface area contributed by atoms with Crippen molar-refractivity contribution in [1.82, 2.24) is 15.1 Å². The van der Waals surface area contributed by atoms with Crippen molar-refractivity contribution in [1.29, 1.82) is 0 Å². The zero-order valence-corrected chi connectivity index (χ0v) is 12.9. The smallest absolute Gasteiger partial charge is 0.0926 e. The lowest BCUT2D eigenvalue weighted by Gasteiger charge is -2.16. The van der Waals surface area contributed by atoms with Crippen LogP contribution in [-0.4, -0.2) is 16.3 Å². The van der Waals surface area contributed by atoms with E-state index in [1.165, 1.54) is 21.3 Å². The molecule has 1 N–H and O–H groups in total. The molecule has 3 aromatic rings. The molecule has 1 atom stereocenters. The molecule has 0 spiro atoms. The van der Waals surface area contributed by atoms with Gasteiger partial charge in [-0.1, -0.05) is 25.1 Å². The van der Waals surface area contributed by atoms with Crippen molar-refractivity contribution in [3.63, 3.8) is 0 Å². The minimum Gasteiger partial charge on any atom is -0.304 e. The van der Waals surface area contributed by atoms with Crippen LogP contribution in [0.5, 0.6) is 0 Å². The standard InChI is InChI=1S/C16H19N3S/c1-4-17-15(16-11(2)9-10-20-16)14-12-7-5-6-8-13(12)19(3)18-14/h5-10,15,17H,4H2,1-3H3. The van der Waals surface area contributed by atoms with Crippen molar-refractivity contribution in [2.75, 3.05) is 6.54 Å². The van der Waals surface area contributed by atoms with Crippen molar-refractivity contribution in [2.45, 2.75) is 19.9 Å². The molecule has 1 unspecified atom stereocenters. The van der Waals surface area contributed by atoms with E-state index in [2.05, 4.69) is 54.9 Å². The molecular weight excluding hydrogens is 266 g/mol. The van der Waals surface area contributed by atoms with E-state index in [0.29, 0.717) is 0 Å². The van der Waals surface area contributed by atoms with Crippen LogP contribution in [0.2, 0.25) is 0 Å². The third-order valence-corrected chi connectivity index (χ3v) is 4.72. The SMILES string of the molecule is CCNC(c1sccc1C)c1nn(C)c2ccccc12. The molecule has 104 valence electrons. The van der Waals surface area contributed by atoms with Crippen molar-refractivity contribution in [2.24, 2.45) is 7.05 Å². The fraction of sp³-hybridized carbons (Fsp3) is 0.312. The predicted molar refractivity (Wildman–Crippen MR) is 85.3 cm³/mol. The van der Waals surface area contributed by atoms with Crippen molar-refractivity contribution < 1.29 is 0 Å². The molecule has 0 saturated heterocycles. The molecule has 0 aliphatic carbocycles. The van der Waals surface area contributed by atoms with Gasteiger partial charge in [0.25, 0.3) is 0 Å². The molecule has 0 bridgehead atoms. The molecule has 2 aromatic heterocycles. The molecule has 0 saturated carbocycles. The lowest BCUT2D eigenvalue weighted by Crippen LogP contribution is -2.22. The Morgan fingerprint density at radius 2 is 2.10 bits per heavy atom. The van der Waals surface area contributed by atoms with Gasteiger partial charge in [0, 0.05) is 17.3 Å². The fourth-order valence-electron chi connectivity index (χ4n) is 2.65. The Morgan fingerprint density at radius 1 is 1.30 bits per heavy atom. The topological polar surface area (TPSA) is 29.9 Å². The molecule has 2 heterocycles. The van der Waals surface area contributed by atoms with Crippen LogP contribution in [0.3, 0.4) is 0 Å². The predicted octanol–water partition coefficient (Wildman–Crippen LogP) is 3.64. The Bertz CT molecular complexity index is 726. The Kier molecular flexibility index (Phi) is 3.59. The van der Waals surface area contributed by atoms with E-state index in [9.17, 15) is 0 Å². The Labute approximate surface area is 123 Å². The van der Waals surface area contributed by atoms with E-state index in [1.54, 1.807) is 11.3 Å². The summed E-state index contributed by atoms with van der Waals surface area (Å²) in [5.41, 5.74) is 3.63. The molecule has 1 aromatic carbocycles. The van der Waals surface area contributed by atoms with Gasteiger partial charge in [-0.2, -0.15) is 5.10 Å². The summed E-state index contributed by atoms with van der Waals surface area (Å²) in [6.07, 6.45) is 0. The Hall–Kier alpha value is -1.65. The normalized spacial score (nSPS) is 12.9. The summed E-state index contributed by atoms with van der Waals surface area (Å²) in [4.78, 5) is 1.36. The summed E-state index contributed by atoms with van der Waals surface area (Å²) in [5.74, 6) is 0. The Morgan fingerprint density at radius 3 is 2.80 bits per heavy atom. The maximum atomic E-state index is 4.77. The monoisotopic (exact) mass is 285 g/mol. The molecule has 0 radical (unpaired) electrons. The van der Waals surface area contributed by atoms with Crippen LogP contribution >= 0.6 is 11.3 Å². The number of rotatable bonds is 4. The fourth-order valence-corrected chi connectivity index (χ4v) is 3.66. The number of hydrogen-bond acceptors (Lipinski definition) is 3. The van der Waals surface area contributed by atoms with Gasteiger partial charge >= 0.3 is 0 Å². The number of aromatic nitrogens is 2. The summed E-state index contributed by atoms with van der Waals surface area (Å²) >= 11 is 1.80.